The lowest BCUT2D eigenvalue weighted by atomic mass is 9.92. The molecule has 2 nitrogen and oxygen atoms in total. The normalized spacial score (nSPS) is 11.4. The highest BCUT2D eigenvalue weighted by Crippen LogP contribution is 2.21. The summed E-state index contributed by atoms with van der Waals surface area (Å²) in [5, 5.41) is 17.8. The molecule has 1 unspecified atom stereocenters. The molecule has 0 spiro atoms. The van der Waals surface area contributed by atoms with E-state index in [1.54, 1.807) is 0 Å². The van der Waals surface area contributed by atoms with Crippen LogP contribution in [-0.2, 0) is 0 Å². The Morgan fingerprint density at radius 2 is 1.25 bits per heavy atom. The SMILES string of the molecule is CCCCCCCC(C=C(C#N)C#N)CCCCCC. The summed E-state index contributed by atoms with van der Waals surface area (Å²) in [7, 11) is 0. The summed E-state index contributed by atoms with van der Waals surface area (Å²) in [4.78, 5) is 0. The van der Waals surface area contributed by atoms with Gasteiger partial charge in [0, 0.05) is 0 Å². The number of nitrogens with zero attached hydrogens (tertiary/aromatic N) is 2. The number of hydrogen-bond acceptors (Lipinski definition) is 2. The summed E-state index contributed by atoms with van der Waals surface area (Å²) in [6.07, 6.45) is 15.6. The van der Waals surface area contributed by atoms with Gasteiger partial charge in [0.25, 0.3) is 0 Å². The van der Waals surface area contributed by atoms with Crippen LogP contribution in [0.4, 0.5) is 0 Å². The lowest BCUT2D eigenvalue weighted by molar-refractivity contribution is 0.470. The third-order valence-electron chi connectivity index (χ3n) is 3.75. The summed E-state index contributed by atoms with van der Waals surface area (Å²) in [6, 6.07) is 3.99. The van der Waals surface area contributed by atoms with Gasteiger partial charge in [-0.15, -0.1) is 0 Å². The molecule has 0 aliphatic carbocycles. The molecule has 0 heterocycles. The van der Waals surface area contributed by atoms with Crippen LogP contribution >= 0.6 is 0 Å². The van der Waals surface area contributed by atoms with Gasteiger partial charge in [0.15, 0.2) is 0 Å². The lowest BCUT2D eigenvalue weighted by Gasteiger charge is -2.12. The zero-order valence-electron chi connectivity index (χ0n) is 13.3. The Morgan fingerprint density at radius 3 is 1.70 bits per heavy atom. The van der Waals surface area contributed by atoms with Crippen molar-refractivity contribution in [1.29, 1.82) is 10.5 Å². The van der Waals surface area contributed by atoms with E-state index in [4.69, 9.17) is 10.5 Å². The van der Waals surface area contributed by atoms with E-state index in [-0.39, 0.29) is 0 Å². The van der Waals surface area contributed by atoms with Gasteiger partial charge in [-0.25, -0.2) is 0 Å². The topological polar surface area (TPSA) is 47.6 Å². The van der Waals surface area contributed by atoms with Crippen molar-refractivity contribution in [3.05, 3.63) is 11.6 Å². The van der Waals surface area contributed by atoms with Crippen LogP contribution in [0.3, 0.4) is 0 Å². The molecule has 112 valence electrons. The molecule has 0 saturated carbocycles. The lowest BCUT2D eigenvalue weighted by Crippen LogP contribution is -1.99. The highest BCUT2D eigenvalue weighted by Gasteiger charge is 2.07. The van der Waals surface area contributed by atoms with Crippen LogP contribution in [-0.4, -0.2) is 0 Å². The van der Waals surface area contributed by atoms with E-state index in [0.29, 0.717) is 11.5 Å². The predicted octanol–water partition coefficient (Wildman–Crippen LogP) is 5.91. The van der Waals surface area contributed by atoms with Gasteiger partial charge in [-0.3, -0.25) is 0 Å². The van der Waals surface area contributed by atoms with Crippen LogP contribution in [0.1, 0.15) is 84.5 Å². The minimum absolute atomic E-state index is 0.291. The van der Waals surface area contributed by atoms with Gasteiger partial charge in [-0.1, -0.05) is 77.7 Å². The number of hydrogen-bond donors (Lipinski definition) is 0. The molecule has 0 amide bonds. The number of rotatable bonds is 12. The molecular weight excluding hydrogens is 244 g/mol. The third-order valence-corrected chi connectivity index (χ3v) is 3.75. The zero-order chi connectivity index (χ0) is 15.1. The van der Waals surface area contributed by atoms with E-state index in [2.05, 4.69) is 13.8 Å². The Morgan fingerprint density at radius 1 is 0.800 bits per heavy atom. The molecule has 2 heteroatoms. The first-order chi connectivity index (χ1) is 9.78. The third kappa shape index (κ3) is 10.6. The van der Waals surface area contributed by atoms with Crippen molar-refractivity contribution in [2.75, 3.05) is 0 Å². The van der Waals surface area contributed by atoms with Crippen molar-refractivity contribution >= 4 is 0 Å². The highest BCUT2D eigenvalue weighted by atomic mass is 14.3. The average Bonchev–Trinajstić information content (AvgIpc) is 2.48. The number of unbranched alkanes of at least 4 members (excludes halogenated alkanes) is 7. The number of allylic oxidation sites excluding steroid dienone is 2. The minimum atomic E-state index is 0.291. The molecule has 1 atom stereocenters. The average molecular weight is 274 g/mol. The fraction of sp³-hybridized carbons (Fsp3) is 0.778. The van der Waals surface area contributed by atoms with Gasteiger partial charge in [0.1, 0.15) is 17.7 Å². The Balaban J connectivity index is 4.15. The summed E-state index contributed by atoms with van der Waals surface area (Å²) in [6.45, 7) is 4.44. The van der Waals surface area contributed by atoms with Crippen molar-refractivity contribution < 1.29 is 0 Å². The second-order valence-corrected chi connectivity index (χ2v) is 5.62. The molecule has 0 aromatic heterocycles. The Hall–Kier alpha value is -1.28. The molecule has 0 aromatic rings. The molecule has 0 fully saturated rings. The summed E-state index contributed by atoms with van der Waals surface area (Å²) in [5.74, 6) is 0.419. The molecule has 20 heavy (non-hydrogen) atoms. The van der Waals surface area contributed by atoms with Crippen LogP contribution < -0.4 is 0 Å². The predicted molar refractivity (Wildman–Crippen MR) is 84.9 cm³/mol. The maximum atomic E-state index is 8.89. The molecular formula is C18H30N2. The molecule has 0 bridgehead atoms. The monoisotopic (exact) mass is 274 g/mol. The minimum Gasteiger partial charge on any atom is -0.192 e. The fourth-order valence-electron chi connectivity index (χ4n) is 2.49. The Labute approximate surface area is 125 Å². The highest BCUT2D eigenvalue weighted by molar-refractivity contribution is 5.35. The maximum absolute atomic E-state index is 8.89. The van der Waals surface area contributed by atoms with Gasteiger partial charge in [0.05, 0.1) is 0 Å². The molecule has 0 radical (unpaired) electrons. The van der Waals surface area contributed by atoms with Crippen molar-refractivity contribution in [1.82, 2.24) is 0 Å². The van der Waals surface area contributed by atoms with Crippen LogP contribution in [0.25, 0.3) is 0 Å². The van der Waals surface area contributed by atoms with E-state index in [1.165, 1.54) is 57.8 Å². The molecule has 0 saturated heterocycles. The molecule has 0 aliphatic heterocycles. The Kier molecular flexibility index (Phi) is 13.2. The zero-order valence-corrected chi connectivity index (χ0v) is 13.3. The number of nitriles is 2. The van der Waals surface area contributed by atoms with Crippen molar-refractivity contribution in [3.63, 3.8) is 0 Å². The van der Waals surface area contributed by atoms with Crippen LogP contribution in [0.15, 0.2) is 11.6 Å². The van der Waals surface area contributed by atoms with E-state index in [9.17, 15) is 0 Å². The van der Waals surface area contributed by atoms with Crippen molar-refractivity contribution in [2.45, 2.75) is 84.5 Å². The van der Waals surface area contributed by atoms with Gasteiger partial charge in [-0.2, -0.15) is 10.5 Å². The first-order valence-electron chi connectivity index (χ1n) is 8.30. The molecule has 0 N–H and O–H groups in total. The second kappa shape index (κ2) is 14.1. The fourth-order valence-corrected chi connectivity index (χ4v) is 2.49. The summed E-state index contributed by atoms with van der Waals surface area (Å²) < 4.78 is 0. The van der Waals surface area contributed by atoms with Gasteiger partial charge < -0.3 is 0 Å². The van der Waals surface area contributed by atoms with E-state index >= 15 is 0 Å². The first kappa shape index (κ1) is 18.7. The Bertz CT molecular complexity index is 314. The van der Waals surface area contributed by atoms with Gasteiger partial charge in [0.2, 0.25) is 0 Å². The van der Waals surface area contributed by atoms with Crippen molar-refractivity contribution in [2.24, 2.45) is 5.92 Å². The summed E-state index contributed by atoms with van der Waals surface area (Å²) in [5.41, 5.74) is 0.291. The van der Waals surface area contributed by atoms with E-state index in [1.807, 2.05) is 18.2 Å². The first-order valence-corrected chi connectivity index (χ1v) is 8.30. The summed E-state index contributed by atoms with van der Waals surface area (Å²) >= 11 is 0. The van der Waals surface area contributed by atoms with E-state index in [0.717, 1.165) is 12.8 Å². The van der Waals surface area contributed by atoms with Crippen molar-refractivity contribution in [3.8, 4) is 12.1 Å². The second-order valence-electron chi connectivity index (χ2n) is 5.62. The smallest absolute Gasteiger partial charge is 0.125 e. The molecule has 0 rings (SSSR count). The van der Waals surface area contributed by atoms with E-state index < -0.39 is 0 Å². The van der Waals surface area contributed by atoms with Crippen LogP contribution in [0.5, 0.6) is 0 Å². The molecule has 0 aliphatic rings. The maximum Gasteiger partial charge on any atom is 0.125 e. The standard InChI is InChI=1S/C18H30N2/c1-3-5-7-9-11-13-17(12-10-8-6-4-2)14-18(15-19)16-20/h14,17H,3-13H2,1-2H3. The van der Waals surface area contributed by atoms with Gasteiger partial charge in [-0.05, 0) is 18.8 Å². The van der Waals surface area contributed by atoms with Crippen LogP contribution in [0.2, 0.25) is 0 Å². The quantitative estimate of drug-likeness (QED) is 0.328. The van der Waals surface area contributed by atoms with Crippen LogP contribution in [0, 0.1) is 28.6 Å². The van der Waals surface area contributed by atoms with Gasteiger partial charge >= 0.3 is 0 Å². The largest absolute Gasteiger partial charge is 0.192 e. The molecule has 0 aromatic carbocycles.